The number of nitrogens with zero attached hydrogens (tertiary/aromatic N) is 1. The van der Waals surface area contributed by atoms with Gasteiger partial charge in [0, 0.05) is 0 Å². The Morgan fingerprint density at radius 3 is 2.62 bits per heavy atom. The lowest BCUT2D eigenvalue weighted by Crippen LogP contribution is -1.86. The highest BCUT2D eigenvalue weighted by Crippen LogP contribution is 2.39. The lowest BCUT2D eigenvalue weighted by Gasteiger charge is -1.90. The maximum absolute atomic E-state index is 11.1. The second kappa shape index (κ2) is 4.89. The Bertz CT molecular complexity index is 91.8. The average Bonchev–Trinajstić information content (AvgIpc) is 1.66. The van der Waals surface area contributed by atoms with Gasteiger partial charge in [-0.2, -0.15) is 8.39 Å². The Morgan fingerprint density at radius 1 is 1.62 bits per heavy atom. The fourth-order valence-electron chi connectivity index (χ4n) is 0.155. The number of rotatable bonds is 3. The largest absolute Gasteiger partial charge is 0.415 e. The molecule has 8 heavy (non-hydrogen) atoms. The van der Waals surface area contributed by atoms with Gasteiger partial charge in [0.15, 0.2) is 0 Å². The highest BCUT2D eigenvalue weighted by Gasteiger charge is 2.03. The molecule has 0 aromatic rings. The molecule has 0 rings (SSSR count). The first kappa shape index (κ1) is 7.74. The Morgan fingerprint density at radius 2 is 2.25 bits per heavy atom. The van der Waals surface area contributed by atoms with Crippen LogP contribution in [0.25, 0.3) is 4.85 Å². The van der Waals surface area contributed by atoms with E-state index < -0.39 is 8.77 Å². The van der Waals surface area contributed by atoms with E-state index in [0.717, 1.165) is 0 Å². The fourth-order valence-corrected chi connectivity index (χ4v) is 0.375. The zero-order valence-electron chi connectivity index (χ0n) is 3.97. The van der Waals surface area contributed by atoms with Crippen LogP contribution in [0.2, 0.25) is 0 Å². The quantitative estimate of drug-likeness (QED) is 0.331. The van der Waals surface area contributed by atoms with Crippen molar-refractivity contribution in [3.8, 4) is 0 Å². The summed E-state index contributed by atoms with van der Waals surface area (Å²) in [6, 6.07) is 0. The molecular weight excluding hydrogens is 135 g/mol. The van der Waals surface area contributed by atoms with Crippen LogP contribution >= 0.6 is 8.77 Å². The minimum atomic E-state index is -3.26. The van der Waals surface area contributed by atoms with Crippen molar-refractivity contribution in [2.45, 2.75) is 0 Å². The van der Waals surface area contributed by atoms with Crippen molar-refractivity contribution >= 4 is 8.77 Å². The summed E-state index contributed by atoms with van der Waals surface area (Å²) in [5, 5.41) is 0. The summed E-state index contributed by atoms with van der Waals surface area (Å²) >= 11 is 0. The number of hydrogen-bond acceptors (Lipinski definition) is 1. The molecule has 46 valence electrons. The SMILES string of the molecule is [C-]#[N+]CCOP(F)F. The second-order valence-electron chi connectivity index (χ2n) is 0.917. The molecule has 0 aromatic heterocycles. The molecule has 0 aromatic carbocycles. The Balaban J connectivity index is 2.85. The van der Waals surface area contributed by atoms with Crippen molar-refractivity contribution in [3.63, 3.8) is 0 Å². The average molecular weight is 139 g/mol. The molecule has 0 aliphatic heterocycles. The van der Waals surface area contributed by atoms with Crippen molar-refractivity contribution in [2.75, 3.05) is 13.2 Å². The van der Waals surface area contributed by atoms with E-state index in [2.05, 4.69) is 9.37 Å². The summed E-state index contributed by atoms with van der Waals surface area (Å²) in [4.78, 5) is 2.81. The Labute approximate surface area is 47.3 Å². The molecule has 0 saturated heterocycles. The summed E-state index contributed by atoms with van der Waals surface area (Å²) in [6.07, 6.45) is 0. The Kier molecular flexibility index (Phi) is 4.73. The van der Waals surface area contributed by atoms with Crippen LogP contribution in [-0.4, -0.2) is 13.2 Å². The molecule has 5 heteroatoms. The van der Waals surface area contributed by atoms with Crippen molar-refractivity contribution < 1.29 is 12.9 Å². The van der Waals surface area contributed by atoms with Gasteiger partial charge in [-0.25, -0.2) is 6.57 Å². The summed E-state index contributed by atoms with van der Waals surface area (Å²) in [7, 11) is -3.26. The van der Waals surface area contributed by atoms with Gasteiger partial charge in [-0.3, -0.25) is 4.52 Å². The minimum absolute atomic E-state index is 0.0205. The summed E-state index contributed by atoms with van der Waals surface area (Å²) in [5.41, 5.74) is 0. The zero-order valence-corrected chi connectivity index (χ0v) is 4.87. The van der Waals surface area contributed by atoms with E-state index in [1.807, 2.05) is 0 Å². The normalized spacial score (nSPS) is 9.25. The van der Waals surface area contributed by atoms with Crippen LogP contribution in [0.1, 0.15) is 0 Å². The van der Waals surface area contributed by atoms with E-state index in [0.29, 0.717) is 0 Å². The highest BCUT2D eigenvalue weighted by molar-refractivity contribution is 7.40. The first-order chi connectivity index (χ1) is 3.77. The van der Waals surface area contributed by atoms with Crippen LogP contribution in [0.5, 0.6) is 0 Å². The van der Waals surface area contributed by atoms with Crippen molar-refractivity contribution in [1.82, 2.24) is 0 Å². The molecule has 0 fully saturated rings. The van der Waals surface area contributed by atoms with Gasteiger partial charge in [0.05, 0.1) is 0 Å². The molecule has 0 amide bonds. The van der Waals surface area contributed by atoms with E-state index in [1.165, 1.54) is 0 Å². The minimum Gasteiger partial charge on any atom is -0.314 e. The van der Waals surface area contributed by atoms with Crippen molar-refractivity contribution in [1.29, 1.82) is 0 Å². The predicted molar refractivity (Wildman–Crippen MR) is 26.6 cm³/mol. The van der Waals surface area contributed by atoms with E-state index in [-0.39, 0.29) is 13.2 Å². The van der Waals surface area contributed by atoms with E-state index >= 15 is 0 Å². The van der Waals surface area contributed by atoms with Gasteiger partial charge in [-0.05, 0) is 0 Å². The monoisotopic (exact) mass is 139 g/mol. The van der Waals surface area contributed by atoms with Gasteiger partial charge in [0.25, 0.3) is 0 Å². The zero-order chi connectivity index (χ0) is 6.41. The van der Waals surface area contributed by atoms with Crippen LogP contribution in [0.3, 0.4) is 0 Å². The van der Waals surface area contributed by atoms with Crippen LogP contribution in [-0.2, 0) is 4.52 Å². The fraction of sp³-hybridized carbons (Fsp3) is 0.667. The van der Waals surface area contributed by atoms with Gasteiger partial charge < -0.3 is 4.85 Å². The molecule has 2 nitrogen and oxygen atoms in total. The summed E-state index contributed by atoms with van der Waals surface area (Å²) in [6.45, 7) is 6.02. The first-order valence-electron chi connectivity index (χ1n) is 1.85. The van der Waals surface area contributed by atoms with Crippen LogP contribution < -0.4 is 0 Å². The smallest absolute Gasteiger partial charge is 0.314 e. The first-order valence-corrected chi connectivity index (χ1v) is 2.89. The molecule has 0 atom stereocenters. The van der Waals surface area contributed by atoms with Gasteiger partial charge in [0.1, 0.15) is 6.61 Å². The van der Waals surface area contributed by atoms with E-state index in [4.69, 9.17) is 6.57 Å². The van der Waals surface area contributed by atoms with E-state index in [1.54, 1.807) is 0 Å². The third kappa shape index (κ3) is 5.74. The second-order valence-corrected chi connectivity index (χ2v) is 1.58. The lowest BCUT2D eigenvalue weighted by atomic mass is 10.7. The summed E-state index contributed by atoms with van der Waals surface area (Å²) < 4.78 is 26.0. The molecule has 0 unspecified atom stereocenters. The van der Waals surface area contributed by atoms with Crippen LogP contribution in [0.15, 0.2) is 0 Å². The highest BCUT2D eigenvalue weighted by atomic mass is 31.2. The van der Waals surface area contributed by atoms with Crippen molar-refractivity contribution in [2.24, 2.45) is 0 Å². The molecule has 0 aliphatic carbocycles. The van der Waals surface area contributed by atoms with Crippen molar-refractivity contribution in [3.05, 3.63) is 11.4 Å². The maximum Gasteiger partial charge on any atom is 0.415 e. The standard InChI is InChI=1S/C3H4F2NOP/c1-6-2-3-7-8(4)5/h2-3H2. The van der Waals surface area contributed by atoms with E-state index in [9.17, 15) is 8.39 Å². The van der Waals surface area contributed by atoms with Gasteiger partial charge in [-0.15, -0.1) is 0 Å². The molecule has 0 bridgehead atoms. The third-order valence-corrected chi connectivity index (χ3v) is 0.770. The van der Waals surface area contributed by atoms with Gasteiger partial charge in [0.2, 0.25) is 6.54 Å². The Hall–Kier alpha value is -0.260. The van der Waals surface area contributed by atoms with Crippen LogP contribution in [0, 0.1) is 6.57 Å². The topological polar surface area (TPSA) is 13.6 Å². The molecule has 0 spiro atoms. The number of halogens is 2. The molecule has 0 aliphatic rings. The predicted octanol–water partition coefficient (Wildman–Crippen LogP) is 2.09. The molecule has 0 saturated carbocycles. The van der Waals surface area contributed by atoms with Gasteiger partial charge >= 0.3 is 8.77 Å². The maximum atomic E-state index is 11.1. The lowest BCUT2D eigenvalue weighted by molar-refractivity contribution is 0.326. The van der Waals surface area contributed by atoms with Gasteiger partial charge in [-0.1, -0.05) is 0 Å². The molecule has 0 heterocycles. The third-order valence-electron chi connectivity index (χ3n) is 0.392. The van der Waals surface area contributed by atoms with Crippen LogP contribution in [0.4, 0.5) is 8.39 Å². The molecular formula is C3H4F2NOP. The summed E-state index contributed by atoms with van der Waals surface area (Å²) in [5.74, 6) is 0. The molecule has 0 N–H and O–H groups in total. The molecule has 0 radical (unpaired) electrons. The number of hydrogen-bond donors (Lipinski definition) is 0.